The summed E-state index contributed by atoms with van der Waals surface area (Å²) in [6, 6.07) is 1.81. The van der Waals surface area contributed by atoms with E-state index in [0.717, 1.165) is 5.56 Å². The number of carbonyl (C=O) groups is 1. The number of methoxy groups -OCH3 is 1. The third-order valence-corrected chi connectivity index (χ3v) is 3.23. The Labute approximate surface area is 112 Å². The molecule has 0 aromatic carbocycles. The normalized spacial score (nSPS) is 10.6. The molecule has 0 saturated heterocycles. The lowest BCUT2D eigenvalue weighted by Gasteiger charge is -2.06. The highest BCUT2D eigenvalue weighted by Crippen LogP contribution is 2.18. The lowest BCUT2D eigenvalue weighted by Crippen LogP contribution is -2.23. The van der Waals surface area contributed by atoms with E-state index in [-0.39, 0.29) is 17.7 Å². The van der Waals surface area contributed by atoms with Gasteiger partial charge in [0.1, 0.15) is 11.4 Å². The molecule has 100 valence electrons. The number of hydrogen-bond donors (Lipinski definition) is 2. The third-order valence-electron chi connectivity index (χ3n) is 2.55. The Bertz CT molecular complexity index is 634. The average molecular weight is 280 g/mol. The van der Waals surface area contributed by atoms with E-state index < -0.39 is 11.5 Å². The van der Waals surface area contributed by atoms with Crippen molar-refractivity contribution in [3.8, 4) is 11.4 Å². The predicted molar refractivity (Wildman–Crippen MR) is 70.7 cm³/mol. The van der Waals surface area contributed by atoms with Crippen molar-refractivity contribution in [3.05, 3.63) is 38.4 Å². The number of ether oxygens (including phenoxy) is 1. The molecule has 7 heteroatoms. The Kier molecular flexibility index (Phi) is 4.08. The monoisotopic (exact) mass is 280 g/mol. The average Bonchev–Trinajstić information content (AvgIpc) is 2.88. The first-order chi connectivity index (χ1) is 9.13. The van der Waals surface area contributed by atoms with Gasteiger partial charge in [0.2, 0.25) is 0 Å². The topological polar surface area (TPSA) is 92.3 Å². The Morgan fingerprint density at radius 1 is 1.58 bits per heavy atom. The number of aromatic nitrogens is 2. The Morgan fingerprint density at radius 3 is 2.95 bits per heavy atom. The van der Waals surface area contributed by atoms with E-state index in [1.807, 2.05) is 16.8 Å². The van der Waals surface area contributed by atoms with Crippen molar-refractivity contribution in [2.24, 2.45) is 0 Å². The maximum atomic E-state index is 11.8. The van der Waals surface area contributed by atoms with E-state index in [0.29, 0.717) is 12.4 Å². The van der Waals surface area contributed by atoms with Crippen LogP contribution in [-0.2, 0) is 11.2 Å². The highest BCUT2D eigenvalue weighted by atomic mass is 32.1. The van der Waals surface area contributed by atoms with Gasteiger partial charge in [-0.05, 0) is 11.4 Å². The van der Waals surface area contributed by atoms with Crippen LogP contribution in [0.4, 0.5) is 0 Å². The molecule has 0 aliphatic heterocycles. The summed E-state index contributed by atoms with van der Waals surface area (Å²) in [6.45, 7) is 0.305. The molecule has 19 heavy (non-hydrogen) atoms. The van der Waals surface area contributed by atoms with Gasteiger partial charge in [0.05, 0.1) is 12.3 Å². The van der Waals surface area contributed by atoms with Crippen molar-refractivity contribution in [2.45, 2.75) is 6.42 Å². The second kappa shape index (κ2) is 5.77. The smallest absolute Gasteiger partial charge is 0.343 e. The van der Waals surface area contributed by atoms with Gasteiger partial charge in [-0.15, -0.1) is 0 Å². The molecular weight excluding hydrogens is 268 g/mol. The van der Waals surface area contributed by atoms with Crippen LogP contribution in [0.1, 0.15) is 16.1 Å². The Morgan fingerprint density at radius 2 is 2.37 bits per heavy atom. The summed E-state index contributed by atoms with van der Waals surface area (Å²) in [5.74, 6) is -0.904. The first-order valence-electron chi connectivity index (χ1n) is 5.51. The zero-order valence-electron chi connectivity index (χ0n) is 10.2. The summed E-state index contributed by atoms with van der Waals surface area (Å²) >= 11 is 1.47. The van der Waals surface area contributed by atoms with Crippen LogP contribution in [0.5, 0.6) is 0 Å². The molecule has 2 rings (SSSR count). The molecule has 0 atom stereocenters. The standard InChI is InChI=1S/C12H12N2O4S/c1-18-4-2-8-9(12(16)17)11(15)14-10(13-8)7-3-5-19-6-7/h3,5-6H,2,4H2,1H3,(H,16,17)(H,13,14,15). The summed E-state index contributed by atoms with van der Waals surface area (Å²) in [5, 5.41) is 12.8. The molecule has 6 nitrogen and oxygen atoms in total. The van der Waals surface area contributed by atoms with E-state index in [2.05, 4.69) is 9.97 Å². The Balaban J connectivity index is 2.53. The fourth-order valence-electron chi connectivity index (χ4n) is 1.66. The van der Waals surface area contributed by atoms with E-state index >= 15 is 0 Å². The van der Waals surface area contributed by atoms with Crippen molar-refractivity contribution in [3.63, 3.8) is 0 Å². The van der Waals surface area contributed by atoms with Gasteiger partial charge >= 0.3 is 5.97 Å². The molecule has 0 fully saturated rings. The molecular formula is C12H12N2O4S. The molecule has 0 amide bonds. The van der Waals surface area contributed by atoms with Gasteiger partial charge in [0.15, 0.2) is 0 Å². The summed E-state index contributed by atoms with van der Waals surface area (Å²) in [6.07, 6.45) is 0.277. The maximum Gasteiger partial charge on any atom is 0.343 e. The first kappa shape index (κ1) is 13.4. The Hall–Kier alpha value is -1.99. The molecule has 2 heterocycles. The quantitative estimate of drug-likeness (QED) is 0.863. The highest BCUT2D eigenvalue weighted by Gasteiger charge is 2.18. The van der Waals surface area contributed by atoms with Gasteiger partial charge in [-0.2, -0.15) is 11.3 Å². The van der Waals surface area contributed by atoms with Gasteiger partial charge in [-0.3, -0.25) is 4.79 Å². The van der Waals surface area contributed by atoms with Crippen LogP contribution in [0.3, 0.4) is 0 Å². The fraction of sp³-hybridized carbons (Fsp3) is 0.250. The molecule has 0 radical (unpaired) electrons. The summed E-state index contributed by atoms with van der Waals surface area (Å²) in [4.78, 5) is 29.7. The van der Waals surface area contributed by atoms with Gasteiger partial charge in [0.25, 0.3) is 5.56 Å². The van der Waals surface area contributed by atoms with Crippen LogP contribution in [0.15, 0.2) is 21.6 Å². The van der Waals surface area contributed by atoms with E-state index in [1.165, 1.54) is 18.4 Å². The van der Waals surface area contributed by atoms with Gasteiger partial charge < -0.3 is 14.8 Å². The van der Waals surface area contributed by atoms with Crippen molar-refractivity contribution < 1.29 is 14.6 Å². The van der Waals surface area contributed by atoms with Crippen LogP contribution in [0.2, 0.25) is 0 Å². The number of carboxylic acid groups (broad SMARTS) is 1. The maximum absolute atomic E-state index is 11.8. The molecule has 0 aliphatic rings. The van der Waals surface area contributed by atoms with E-state index in [9.17, 15) is 9.59 Å². The second-order valence-corrected chi connectivity index (χ2v) is 4.58. The molecule has 0 aliphatic carbocycles. The number of aromatic amines is 1. The van der Waals surface area contributed by atoms with Gasteiger partial charge in [-0.1, -0.05) is 0 Å². The lowest BCUT2D eigenvalue weighted by molar-refractivity contribution is 0.0692. The molecule has 0 spiro atoms. The SMILES string of the molecule is COCCc1nc(-c2ccsc2)[nH]c(=O)c1C(=O)O. The van der Waals surface area contributed by atoms with Crippen LogP contribution in [0, 0.1) is 0 Å². The van der Waals surface area contributed by atoms with Crippen LogP contribution in [-0.4, -0.2) is 34.8 Å². The molecule has 2 N–H and O–H groups in total. The minimum Gasteiger partial charge on any atom is -0.477 e. The number of rotatable bonds is 5. The summed E-state index contributed by atoms with van der Waals surface area (Å²) in [7, 11) is 1.51. The molecule has 0 unspecified atom stereocenters. The largest absolute Gasteiger partial charge is 0.477 e. The number of hydrogen-bond acceptors (Lipinski definition) is 5. The fourth-order valence-corrected chi connectivity index (χ4v) is 2.30. The van der Waals surface area contributed by atoms with Gasteiger partial charge in [0, 0.05) is 24.5 Å². The second-order valence-electron chi connectivity index (χ2n) is 3.80. The predicted octanol–water partition coefficient (Wildman–Crippen LogP) is 1.39. The zero-order chi connectivity index (χ0) is 13.8. The number of nitrogens with one attached hydrogen (secondary N) is 1. The highest BCUT2D eigenvalue weighted by molar-refractivity contribution is 7.08. The number of aromatic carboxylic acids is 1. The first-order valence-corrected chi connectivity index (χ1v) is 6.45. The molecule has 0 bridgehead atoms. The molecule has 0 saturated carbocycles. The van der Waals surface area contributed by atoms with Crippen molar-refractivity contribution in [1.82, 2.24) is 9.97 Å². The van der Waals surface area contributed by atoms with E-state index in [4.69, 9.17) is 9.84 Å². The zero-order valence-corrected chi connectivity index (χ0v) is 11.0. The third kappa shape index (κ3) is 2.88. The van der Waals surface area contributed by atoms with Gasteiger partial charge in [-0.25, -0.2) is 9.78 Å². The summed E-state index contributed by atoms with van der Waals surface area (Å²) < 4.78 is 4.91. The number of thiophene rings is 1. The van der Waals surface area contributed by atoms with Crippen LogP contribution >= 0.6 is 11.3 Å². The van der Waals surface area contributed by atoms with Crippen LogP contribution in [0.25, 0.3) is 11.4 Å². The minimum atomic E-state index is -1.28. The molecule has 2 aromatic rings. The van der Waals surface area contributed by atoms with E-state index in [1.54, 1.807) is 0 Å². The minimum absolute atomic E-state index is 0.235. The van der Waals surface area contributed by atoms with Crippen molar-refractivity contribution >= 4 is 17.3 Å². The number of nitrogens with zero attached hydrogens (tertiary/aromatic N) is 1. The summed E-state index contributed by atoms with van der Waals surface area (Å²) in [5.41, 5.74) is 0.0304. The number of carboxylic acids is 1. The number of H-pyrrole nitrogens is 1. The van der Waals surface area contributed by atoms with Crippen molar-refractivity contribution in [1.29, 1.82) is 0 Å². The van der Waals surface area contributed by atoms with Crippen molar-refractivity contribution in [2.75, 3.05) is 13.7 Å². The molecule has 2 aromatic heterocycles. The lowest BCUT2D eigenvalue weighted by atomic mass is 10.1. The van der Waals surface area contributed by atoms with Crippen LogP contribution < -0.4 is 5.56 Å².